The molecular formula is C26H40Cl2N6O3. The SMILES string of the molecule is COCC(N)=N[C@@H]1CCCC[C@@H]1Nc1nc(C(=O)NCC2(O)CCCCC2)nc2ccc(C)cc12.Cl.Cl. The van der Waals surface area contributed by atoms with E-state index in [-0.39, 0.29) is 55.2 Å². The Kier molecular flexibility index (Phi) is 11.8. The summed E-state index contributed by atoms with van der Waals surface area (Å²) in [6.07, 6.45) is 8.52. The second kappa shape index (κ2) is 14.1. The number of ether oxygens (including phenoxy) is 1. The van der Waals surface area contributed by atoms with Crippen LogP contribution in [0.15, 0.2) is 23.2 Å². The quantitative estimate of drug-likeness (QED) is 0.286. The topological polar surface area (TPSA) is 135 Å². The Balaban J connectivity index is 0.00000241. The van der Waals surface area contributed by atoms with Crippen LogP contribution in [0.3, 0.4) is 0 Å². The van der Waals surface area contributed by atoms with Crippen LogP contribution in [0.5, 0.6) is 0 Å². The third-order valence-corrected chi connectivity index (χ3v) is 7.09. The number of rotatable bonds is 8. The van der Waals surface area contributed by atoms with Crippen molar-refractivity contribution < 1.29 is 14.6 Å². The van der Waals surface area contributed by atoms with Crippen LogP contribution >= 0.6 is 24.8 Å². The Hall–Kier alpha value is -2.20. The van der Waals surface area contributed by atoms with Crippen molar-refractivity contribution in [3.05, 3.63) is 29.6 Å². The third kappa shape index (κ3) is 8.14. The van der Waals surface area contributed by atoms with Gasteiger partial charge in [0.15, 0.2) is 0 Å². The van der Waals surface area contributed by atoms with Gasteiger partial charge < -0.3 is 26.2 Å². The maximum absolute atomic E-state index is 13.0. The fraction of sp³-hybridized carbons (Fsp3) is 0.615. The molecule has 4 rings (SSSR count). The molecule has 0 unspecified atom stereocenters. The molecule has 1 aromatic heterocycles. The lowest BCUT2D eigenvalue weighted by atomic mass is 9.85. The second-order valence-electron chi connectivity index (χ2n) is 10.0. The predicted octanol–water partition coefficient (Wildman–Crippen LogP) is 3.93. The van der Waals surface area contributed by atoms with Gasteiger partial charge in [0.25, 0.3) is 5.91 Å². The molecular weight excluding hydrogens is 515 g/mol. The van der Waals surface area contributed by atoms with Crippen LogP contribution < -0.4 is 16.4 Å². The minimum Gasteiger partial charge on any atom is -0.388 e. The van der Waals surface area contributed by atoms with Crippen LogP contribution in [0.4, 0.5) is 5.82 Å². The molecule has 2 fully saturated rings. The fourth-order valence-corrected chi connectivity index (χ4v) is 5.17. The predicted molar refractivity (Wildman–Crippen MR) is 152 cm³/mol. The molecule has 2 saturated carbocycles. The Morgan fingerprint density at radius 2 is 1.89 bits per heavy atom. The summed E-state index contributed by atoms with van der Waals surface area (Å²) in [5.41, 5.74) is 6.98. The smallest absolute Gasteiger partial charge is 0.289 e. The molecule has 0 spiro atoms. The van der Waals surface area contributed by atoms with E-state index in [2.05, 4.69) is 20.6 Å². The van der Waals surface area contributed by atoms with Crippen LogP contribution in [0.2, 0.25) is 0 Å². The van der Waals surface area contributed by atoms with E-state index in [0.29, 0.717) is 36.6 Å². The maximum atomic E-state index is 13.0. The van der Waals surface area contributed by atoms with Crippen molar-refractivity contribution in [3.63, 3.8) is 0 Å². The average Bonchev–Trinajstić information content (AvgIpc) is 2.84. The van der Waals surface area contributed by atoms with Gasteiger partial charge in [0.1, 0.15) is 18.3 Å². The number of benzene rings is 1. The molecule has 0 radical (unpaired) electrons. The zero-order valence-electron chi connectivity index (χ0n) is 21.7. The van der Waals surface area contributed by atoms with E-state index >= 15 is 0 Å². The van der Waals surface area contributed by atoms with E-state index in [9.17, 15) is 9.90 Å². The van der Waals surface area contributed by atoms with Crippen LogP contribution in [0, 0.1) is 6.92 Å². The molecule has 11 heteroatoms. The number of carbonyl (C=O) groups is 1. The summed E-state index contributed by atoms with van der Waals surface area (Å²) in [6.45, 7) is 2.53. The number of anilines is 1. The summed E-state index contributed by atoms with van der Waals surface area (Å²) in [5, 5.41) is 18.1. The summed E-state index contributed by atoms with van der Waals surface area (Å²) >= 11 is 0. The van der Waals surface area contributed by atoms with Gasteiger partial charge in [0, 0.05) is 25.1 Å². The number of nitrogens with two attached hydrogens (primary N) is 1. The number of aryl methyl sites for hydroxylation is 1. The van der Waals surface area contributed by atoms with E-state index in [1.54, 1.807) is 7.11 Å². The zero-order valence-corrected chi connectivity index (χ0v) is 23.3. The molecule has 2 atom stereocenters. The minimum atomic E-state index is -0.849. The number of hydrogen-bond acceptors (Lipinski definition) is 7. The summed E-state index contributed by atoms with van der Waals surface area (Å²) in [7, 11) is 1.60. The number of fused-ring (bicyclic) bond motifs is 1. The molecule has 1 aromatic carbocycles. The fourth-order valence-electron chi connectivity index (χ4n) is 5.17. The van der Waals surface area contributed by atoms with Gasteiger partial charge in [-0.05, 0) is 44.7 Å². The molecule has 37 heavy (non-hydrogen) atoms. The number of carbonyl (C=O) groups excluding carboxylic acids is 1. The molecule has 0 saturated heterocycles. The number of nitrogens with zero attached hydrogens (tertiary/aromatic N) is 3. The molecule has 2 aromatic rings. The van der Waals surface area contributed by atoms with Crippen LogP contribution in [0.25, 0.3) is 10.9 Å². The van der Waals surface area contributed by atoms with Gasteiger partial charge in [-0.25, -0.2) is 9.97 Å². The van der Waals surface area contributed by atoms with Crippen molar-refractivity contribution >= 4 is 53.3 Å². The van der Waals surface area contributed by atoms with E-state index < -0.39 is 5.60 Å². The number of nitrogens with one attached hydrogen (secondary N) is 2. The van der Waals surface area contributed by atoms with Crippen LogP contribution in [-0.4, -0.2) is 64.8 Å². The van der Waals surface area contributed by atoms with Crippen molar-refractivity contribution in [1.29, 1.82) is 0 Å². The number of methoxy groups -OCH3 is 1. The van der Waals surface area contributed by atoms with Crippen LogP contribution in [-0.2, 0) is 4.74 Å². The van der Waals surface area contributed by atoms with Crippen LogP contribution in [0.1, 0.15) is 74.0 Å². The van der Waals surface area contributed by atoms with E-state index in [1.807, 2.05) is 25.1 Å². The molecule has 2 aliphatic rings. The van der Waals surface area contributed by atoms with Crippen molar-refractivity contribution in [2.45, 2.75) is 82.4 Å². The first-order valence-corrected chi connectivity index (χ1v) is 12.7. The molecule has 0 bridgehead atoms. The first-order valence-electron chi connectivity index (χ1n) is 12.7. The lowest BCUT2D eigenvalue weighted by Crippen LogP contribution is -2.44. The van der Waals surface area contributed by atoms with Crippen molar-refractivity contribution in [1.82, 2.24) is 15.3 Å². The van der Waals surface area contributed by atoms with Gasteiger partial charge in [-0.2, -0.15) is 0 Å². The summed E-state index contributed by atoms with van der Waals surface area (Å²) in [5.74, 6) is 0.822. The number of halogens is 2. The number of hydrogen-bond donors (Lipinski definition) is 4. The minimum absolute atomic E-state index is 0. The monoisotopic (exact) mass is 554 g/mol. The van der Waals surface area contributed by atoms with Crippen molar-refractivity contribution in [2.75, 3.05) is 25.6 Å². The molecule has 5 N–H and O–H groups in total. The van der Waals surface area contributed by atoms with Crippen molar-refractivity contribution in [3.8, 4) is 0 Å². The van der Waals surface area contributed by atoms with Gasteiger partial charge in [0.05, 0.1) is 17.2 Å². The molecule has 9 nitrogen and oxygen atoms in total. The zero-order chi connectivity index (χ0) is 24.8. The Morgan fingerprint density at radius 3 is 2.62 bits per heavy atom. The third-order valence-electron chi connectivity index (χ3n) is 7.09. The van der Waals surface area contributed by atoms with E-state index in [0.717, 1.165) is 55.9 Å². The second-order valence-corrected chi connectivity index (χ2v) is 10.0. The highest BCUT2D eigenvalue weighted by molar-refractivity contribution is 5.96. The highest BCUT2D eigenvalue weighted by Crippen LogP contribution is 2.29. The molecule has 0 aliphatic heterocycles. The van der Waals surface area contributed by atoms with E-state index in [4.69, 9.17) is 15.5 Å². The molecule has 206 valence electrons. The van der Waals surface area contributed by atoms with Gasteiger partial charge >= 0.3 is 0 Å². The van der Waals surface area contributed by atoms with E-state index in [1.165, 1.54) is 0 Å². The summed E-state index contributed by atoms with van der Waals surface area (Å²) in [4.78, 5) is 26.9. The molecule has 2 aliphatic carbocycles. The number of aliphatic hydroxyl groups is 1. The number of aromatic nitrogens is 2. The highest BCUT2D eigenvalue weighted by atomic mass is 35.5. The summed E-state index contributed by atoms with van der Waals surface area (Å²) in [6, 6.07) is 5.97. The Bertz CT molecular complexity index is 1080. The first-order chi connectivity index (χ1) is 16.9. The van der Waals surface area contributed by atoms with Gasteiger partial charge in [-0.3, -0.25) is 9.79 Å². The number of aliphatic imine (C=N–C) groups is 1. The lowest BCUT2D eigenvalue weighted by Gasteiger charge is -2.32. The Labute approximate surface area is 231 Å². The number of amides is 1. The largest absolute Gasteiger partial charge is 0.388 e. The standard InChI is InChI=1S/C26H38N6O3.2ClH/c1-17-10-11-19-18(14-17)23(31-21-9-5-4-8-20(21)29-22(27)15-35-2)32-24(30-19)25(33)28-16-26(34)12-6-3-7-13-26;;/h10-11,14,20-21,34H,3-9,12-13,15-16H2,1-2H3,(H2,27,29)(H,28,33)(H,30,31,32);2*1H/t20-,21+;;/m1../s1. The van der Waals surface area contributed by atoms with Gasteiger partial charge in [-0.15, -0.1) is 24.8 Å². The normalized spacial score (nSPS) is 21.4. The Morgan fingerprint density at radius 1 is 1.16 bits per heavy atom. The maximum Gasteiger partial charge on any atom is 0.289 e. The first kappa shape index (κ1) is 31.0. The lowest BCUT2D eigenvalue weighted by molar-refractivity contribution is 0.00517. The van der Waals surface area contributed by atoms with Crippen molar-refractivity contribution in [2.24, 2.45) is 10.7 Å². The number of amidine groups is 1. The molecule has 1 heterocycles. The van der Waals surface area contributed by atoms with Gasteiger partial charge in [0.2, 0.25) is 5.82 Å². The average molecular weight is 556 g/mol. The highest BCUT2D eigenvalue weighted by Gasteiger charge is 2.30. The molecule has 1 amide bonds. The summed E-state index contributed by atoms with van der Waals surface area (Å²) < 4.78 is 5.13. The van der Waals surface area contributed by atoms with Gasteiger partial charge in [-0.1, -0.05) is 43.7 Å².